The van der Waals surface area contributed by atoms with Gasteiger partial charge in [-0.2, -0.15) is 0 Å². The fourth-order valence-corrected chi connectivity index (χ4v) is 4.33. The van der Waals surface area contributed by atoms with Crippen LogP contribution in [0.5, 0.6) is 0 Å². The Morgan fingerprint density at radius 1 is 1.44 bits per heavy atom. The van der Waals surface area contributed by atoms with E-state index in [-0.39, 0.29) is 17.5 Å². The largest absolute Gasteiger partial charge is 0.386 e. The van der Waals surface area contributed by atoms with Crippen LogP contribution >= 0.6 is 0 Å². The average molecular weight is 275 g/mol. The molecule has 0 radical (unpaired) electrons. The normalized spacial score (nSPS) is 29.4. The molecule has 0 spiro atoms. The summed E-state index contributed by atoms with van der Waals surface area (Å²) < 4.78 is 26.8. The van der Waals surface area contributed by atoms with Gasteiger partial charge in [0.1, 0.15) is 5.84 Å². The smallest absolute Gasteiger partial charge is 0.212 e. The Bertz CT molecular complexity index is 396. The third kappa shape index (κ3) is 3.95. The molecule has 1 rings (SSSR count). The van der Waals surface area contributed by atoms with E-state index in [1.54, 1.807) is 0 Å². The van der Waals surface area contributed by atoms with E-state index in [9.17, 15) is 8.42 Å². The van der Waals surface area contributed by atoms with Crippen molar-refractivity contribution in [3.05, 3.63) is 0 Å². The molecule has 0 aliphatic heterocycles. The van der Waals surface area contributed by atoms with E-state index in [0.29, 0.717) is 18.8 Å². The molecule has 1 fully saturated rings. The van der Waals surface area contributed by atoms with Gasteiger partial charge in [0, 0.05) is 0 Å². The molecule has 0 atom stereocenters. The van der Waals surface area contributed by atoms with Crippen molar-refractivity contribution in [2.45, 2.75) is 52.0 Å². The molecule has 5 nitrogen and oxygen atoms in total. The zero-order valence-electron chi connectivity index (χ0n) is 11.5. The minimum atomic E-state index is -3.37. The number of hydrogen-bond donors (Lipinski definition) is 3. The molecule has 0 heterocycles. The molecule has 18 heavy (non-hydrogen) atoms. The first-order valence-corrected chi connectivity index (χ1v) is 8.18. The number of hydrogen-bond acceptors (Lipinski definition) is 3. The third-order valence-corrected chi connectivity index (χ3v) is 5.35. The van der Waals surface area contributed by atoms with E-state index in [0.717, 1.165) is 12.8 Å². The highest BCUT2D eigenvalue weighted by Crippen LogP contribution is 2.32. The van der Waals surface area contributed by atoms with E-state index in [4.69, 9.17) is 11.1 Å². The van der Waals surface area contributed by atoms with Crippen LogP contribution in [0.3, 0.4) is 0 Å². The number of rotatable bonds is 5. The summed E-state index contributed by atoms with van der Waals surface area (Å²) in [5, 5.41) is 7.72. The van der Waals surface area contributed by atoms with E-state index in [1.807, 2.05) is 13.8 Å². The van der Waals surface area contributed by atoms with E-state index in [2.05, 4.69) is 11.6 Å². The van der Waals surface area contributed by atoms with Crippen molar-refractivity contribution in [1.29, 1.82) is 5.41 Å². The van der Waals surface area contributed by atoms with Gasteiger partial charge in [-0.3, -0.25) is 5.41 Å². The van der Waals surface area contributed by atoms with E-state index in [1.165, 1.54) is 0 Å². The summed E-state index contributed by atoms with van der Waals surface area (Å²) in [6.07, 6.45) is 3.06. The zero-order chi connectivity index (χ0) is 14.0. The molecule has 0 aromatic heterocycles. The monoisotopic (exact) mass is 275 g/mol. The maximum Gasteiger partial charge on any atom is 0.212 e. The predicted octanol–water partition coefficient (Wildman–Crippen LogP) is 1.45. The summed E-state index contributed by atoms with van der Waals surface area (Å²) in [6, 6.07) is 0. The second-order valence-corrected chi connectivity index (χ2v) is 7.72. The first-order chi connectivity index (χ1) is 8.17. The first kappa shape index (κ1) is 15.4. The molecule has 0 aromatic rings. The molecule has 1 saturated carbocycles. The first-order valence-electron chi connectivity index (χ1n) is 6.53. The van der Waals surface area contributed by atoms with Crippen molar-refractivity contribution in [1.82, 2.24) is 4.72 Å². The van der Waals surface area contributed by atoms with Gasteiger partial charge in [0.05, 0.1) is 11.3 Å². The molecule has 1 aliphatic carbocycles. The lowest BCUT2D eigenvalue weighted by atomic mass is 9.77. The predicted molar refractivity (Wildman–Crippen MR) is 74.0 cm³/mol. The highest BCUT2D eigenvalue weighted by atomic mass is 32.2. The Morgan fingerprint density at radius 2 is 1.94 bits per heavy atom. The molecule has 106 valence electrons. The van der Waals surface area contributed by atoms with Crippen LogP contribution in [0.1, 0.15) is 46.5 Å². The van der Waals surface area contributed by atoms with Crippen LogP contribution in [0.4, 0.5) is 0 Å². The highest BCUT2D eigenvalue weighted by Gasteiger charge is 2.40. The Balaban J connectivity index is 2.85. The van der Waals surface area contributed by atoms with Gasteiger partial charge in [0.25, 0.3) is 0 Å². The van der Waals surface area contributed by atoms with Crippen molar-refractivity contribution in [3.8, 4) is 0 Å². The molecule has 1 aliphatic rings. The van der Waals surface area contributed by atoms with Crippen LogP contribution in [0.25, 0.3) is 0 Å². The molecule has 0 unspecified atom stereocenters. The van der Waals surface area contributed by atoms with E-state index < -0.39 is 15.6 Å². The molecule has 6 heteroatoms. The summed E-state index contributed by atoms with van der Waals surface area (Å²) in [5.41, 5.74) is 4.79. The lowest BCUT2D eigenvalue weighted by Crippen LogP contribution is -2.59. The molecular weight excluding hydrogens is 250 g/mol. The maximum absolute atomic E-state index is 12.0. The standard InChI is InChI=1S/C12H25N3O2S/c1-9(2)8-18(16,17)15-12(11(13)14)6-4-10(3)5-7-12/h9-10,15H,4-8H2,1-3H3,(H3,13,14). The van der Waals surface area contributed by atoms with E-state index >= 15 is 0 Å². The molecule has 0 amide bonds. The topological polar surface area (TPSA) is 96.0 Å². The second-order valence-electron chi connectivity index (χ2n) is 5.96. The van der Waals surface area contributed by atoms with Crippen molar-refractivity contribution in [3.63, 3.8) is 0 Å². The van der Waals surface area contributed by atoms with Crippen molar-refractivity contribution < 1.29 is 8.42 Å². The van der Waals surface area contributed by atoms with Crippen LogP contribution in [0.2, 0.25) is 0 Å². The van der Waals surface area contributed by atoms with Gasteiger partial charge in [0.2, 0.25) is 10.0 Å². The molecule has 0 saturated heterocycles. The Labute approximate surface area is 110 Å². The average Bonchev–Trinajstić information content (AvgIpc) is 2.19. The maximum atomic E-state index is 12.0. The molecular formula is C12H25N3O2S. The third-order valence-electron chi connectivity index (χ3n) is 3.55. The summed E-state index contributed by atoms with van der Waals surface area (Å²) in [7, 11) is -3.37. The second kappa shape index (κ2) is 5.57. The lowest BCUT2D eigenvalue weighted by molar-refractivity contribution is 0.285. The van der Waals surface area contributed by atoms with Crippen LogP contribution in [0.15, 0.2) is 0 Å². The molecule has 0 bridgehead atoms. The Kier molecular flexibility index (Phi) is 4.78. The Morgan fingerprint density at radius 3 is 2.33 bits per heavy atom. The fourth-order valence-electron chi connectivity index (χ4n) is 2.46. The minimum absolute atomic E-state index is 0.0540. The van der Waals surface area contributed by atoms with Crippen LogP contribution in [-0.4, -0.2) is 25.5 Å². The van der Waals surface area contributed by atoms with Gasteiger partial charge in [0.15, 0.2) is 0 Å². The van der Waals surface area contributed by atoms with Crippen molar-refractivity contribution in [2.75, 3.05) is 5.75 Å². The Hall–Kier alpha value is -0.620. The summed E-state index contributed by atoms with van der Waals surface area (Å²) in [5.74, 6) is 0.667. The van der Waals surface area contributed by atoms with Crippen LogP contribution in [0, 0.1) is 17.2 Å². The quantitative estimate of drug-likeness (QED) is 0.523. The number of sulfonamides is 1. The van der Waals surface area contributed by atoms with Gasteiger partial charge in [-0.1, -0.05) is 20.8 Å². The van der Waals surface area contributed by atoms with Crippen LogP contribution < -0.4 is 10.5 Å². The molecule has 4 N–H and O–H groups in total. The fraction of sp³-hybridized carbons (Fsp3) is 0.917. The summed E-state index contributed by atoms with van der Waals surface area (Å²) >= 11 is 0. The zero-order valence-corrected chi connectivity index (χ0v) is 12.3. The summed E-state index contributed by atoms with van der Waals surface area (Å²) in [6.45, 7) is 5.87. The van der Waals surface area contributed by atoms with Crippen molar-refractivity contribution >= 4 is 15.9 Å². The minimum Gasteiger partial charge on any atom is -0.386 e. The highest BCUT2D eigenvalue weighted by molar-refractivity contribution is 7.89. The van der Waals surface area contributed by atoms with Gasteiger partial charge >= 0.3 is 0 Å². The van der Waals surface area contributed by atoms with Gasteiger partial charge in [-0.25, -0.2) is 13.1 Å². The number of nitrogens with two attached hydrogens (primary N) is 1. The molecule has 0 aromatic carbocycles. The van der Waals surface area contributed by atoms with Gasteiger partial charge in [-0.15, -0.1) is 0 Å². The SMILES string of the molecule is CC(C)CS(=O)(=O)NC1(C(=N)N)CCC(C)CC1. The van der Waals surface area contributed by atoms with Crippen molar-refractivity contribution in [2.24, 2.45) is 17.6 Å². The number of amidine groups is 1. The van der Waals surface area contributed by atoms with Crippen LogP contribution in [-0.2, 0) is 10.0 Å². The number of nitrogens with one attached hydrogen (secondary N) is 2. The van der Waals surface area contributed by atoms with Gasteiger partial charge in [-0.05, 0) is 37.5 Å². The summed E-state index contributed by atoms with van der Waals surface area (Å²) in [4.78, 5) is 0. The lowest BCUT2D eigenvalue weighted by Gasteiger charge is -2.38. The van der Waals surface area contributed by atoms with Gasteiger partial charge < -0.3 is 5.73 Å².